The third-order valence-corrected chi connectivity index (χ3v) is 4.95. The molecule has 3 heterocycles. The SMILES string of the molecule is CC(C)c1cnn2c(NCc3ccccc3O)nc(O[C@@H]3CCCNC3)nc12. The number of nitrogens with zero attached hydrogens (tertiary/aromatic N) is 4. The number of hydrogen-bond donors (Lipinski definition) is 3. The van der Waals surface area contributed by atoms with E-state index < -0.39 is 0 Å². The fourth-order valence-electron chi connectivity index (χ4n) is 3.35. The molecule has 2 aromatic heterocycles. The second-order valence-electron chi connectivity index (χ2n) is 7.39. The first-order valence-corrected chi connectivity index (χ1v) is 9.75. The number of phenolic OH excluding ortho intramolecular Hbond substituents is 1. The number of benzene rings is 1. The quantitative estimate of drug-likeness (QED) is 0.603. The monoisotopic (exact) mass is 382 g/mol. The Morgan fingerprint density at radius 3 is 2.93 bits per heavy atom. The van der Waals surface area contributed by atoms with E-state index in [4.69, 9.17) is 4.74 Å². The highest BCUT2D eigenvalue weighted by atomic mass is 16.5. The summed E-state index contributed by atoms with van der Waals surface area (Å²) in [7, 11) is 0. The van der Waals surface area contributed by atoms with Crippen LogP contribution in [0.4, 0.5) is 5.95 Å². The van der Waals surface area contributed by atoms with Gasteiger partial charge in [0.05, 0.1) is 6.20 Å². The van der Waals surface area contributed by atoms with Gasteiger partial charge in [0.1, 0.15) is 11.9 Å². The fraction of sp³-hybridized carbons (Fsp3) is 0.450. The van der Waals surface area contributed by atoms with Crippen molar-refractivity contribution in [3.05, 3.63) is 41.6 Å². The zero-order valence-electron chi connectivity index (χ0n) is 16.2. The molecule has 0 spiro atoms. The summed E-state index contributed by atoms with van der Waals surface area (Å²) in [5.41, 5.74) is 2.56. The molecule has 28 heavy (non-hydrogen) atoms. The van der Waals surface area contributed by atoms with Crippen LogP contribution in [0.1, 0.15) is 43.7 Å². The number of aromatic nitrogens is 4. The molecular weight excluding hydrogens is 356 g/mol. The molecule has 1 fully saturated rings. The van der Waals surface area contributed by atoms with Crippen LogP contribution in [0.25, 0.3) is 5.65 Å². The Hall–Kier alpha value is -2.87. The van der Waals surface area contributed by atoms with Gasteiger partial charge in [-0.05, 0) is 31.4 Å². The van der Waals surface area contributed by atoms with Crippen LogP contribution in [-0.2, 0) is 6.54 Å². The molecule has 0 radical (unpaired) electrons. The molecule has 3 N–H and O–H groups in total. The molecule has 8 nitrogen and oxygen atoms in total. The average Bonchev–Trinajstić information content (AvgIpc) is 3.12. The van der Waals surface area contributed by atoms with Crippen LogP contribution in [0.15, 0.2) is 30.5 Å². The van der Waals surface area contributed by atoms with Gasteiger partial charge in [-0.25, -0.2) is 0 Å². The standard InChI is InChI=1S/C20H26N6O2/c1-13(2)16-12-23-26-18(16)24-20(28-15-7-5-9-21-11-15)25-19(26)22-10-14-6-3-4-8-17(14)27/h3-4,6,8,12-13,15,21,27H,5,7,9-11H2,1-2H3,(H,22,24,25)/t15-/m1/s1. The average molecular weight is 382 g/mol. The number of piperidine rings is 1. The largest absolute Gasteiger partial charge is 0.508 e. The van der Waals surface area contributed by atoms with Crippen LogP contribution in [0.3, 0.4) is 0 Å². The van der Waals surface area contributed by atoms with Gasteiger partial charge < -0.3 is 20.5 Å². The van der Waals surface area contributed by atoms with Crippen molar-refractivity contribution in [1.82, 2.24) is 24.9 Å². The van der Waals surface area contributed by atoms with Crippen molar-refractivity contribution < 1.29 is 9.84 Å². The van der Waals surface area contributed by atoms with Crippen LogP contribution in [-0.4, -0.2) is 43.9 Å². The van der Waals surface area contributed by atoms with Gasteiger partial charge >= 0.3 is 6.01 Å². The van der Waals surface area contributed by atoms with E-state index in [1.54, 1.807) is 16.6 Å². The van der Waals surface area contributed by atoms with Crippen molar-refractivity contribution in [2.24, 2.45) is 0 Å². The highest BCUT2D eigenvalue weighted by Gasteiger charge is 2.20. The van der Waals surface area contributed by atoms with Gasteiger partial charge in [-0.3, -0.25) is 0 Å². The number of phenols is 1. The summed E-state index contributed by atoms with van der Waals surface area (Å²) in [5.74, 6) is 1.06. The summed E-state index contributed by atoms with van der Waals surface area (Å²) in [5, 5.41) is 21.1. The lowest BCUT2D eigenvalue weighted by Gasteiger charge is -2.23. The number of fused-ring (bicyclic) bond motifs is 1. The van der Waals surface area contributed by atoms with E-state index in [9.17, 15) is 5.11 Å². The van der Waals surface area contributed by atoms with Gasteiger partial charge in [0.15, 0.2) is 5.65 Å². The summed E-state index contributed by atoms with van der Waals surface area (Å²) in [6.07, 6.45) is 3.95. The highest BCUT2D eigenvalue weighted by molar-refractivity contribution is 5.53. The van der Waals surface area contributed by atoms with E-state index >= 15 is 0 Å². The lowest BCUT2D eigenvalue weighted by Crippen LogP contribution is -2.37. The van der Waals surface area contributed by atoms with Crippen LogP contribution in [0.2, 0.25) is 0 Å². The Labute approximate surface area is 164 Å². The highest BCUT2D eigenvalue weighted by Crippen LogP contribution is 2.24. The molecule has 4 rings (SSSR count). The second-order valence-corrected chi connectivity index (χ2v) is 7.39. The molecule has 0 saturated carbocycles. The molecule has 1 aliphatic rings. The molecule has 0 aliphatic carbocycles. The van der Waals surface area contributed by atoms with Crippen molar-refractivity contribution in [2.45, 2.75) is 45.3 Å². The molecule has 1 aromatic carbocycles. The van der Waals surface area contributed by atoms with Crippen molar-refractivity contribution in [3.63, 3.8) is 0 Å². The number of nitrogens with one attached hydrogen (secondary N) is 2. The van der Waals surface area contributed by atoms with E-state index in [1.165, 1.54) is 0 Å². The Morgan fingerprint density at radius 1 is 1.32 bits per heavy atom. The zero-order valence-corrected chi connectivity index (χ0v) is 16.2. The molecule has 0 unspecified atom stereocenters. The van der Waals surface area contributed by atoms with Gasteiger partial charge in [-0.15, -0.1) is 0 Å². The maximum absolute atomic E-state index is 10.0. The first kappa shape index (κ1) is 18.5. The molecule has 0 amide bonds. The van der Waals surface area contributed by atoms with Crippen LogP contribution >= 0.6 is 0 Å². The maximum Gasteiger partial charge on any atom is 0.322 e. The summed E-state index contributed by atoms with van der Waals surface area (Å²) >= 11 is 0. The van der Waals surface area contributed by atoms with Crippen molar-refractivity contribution >= 4 is 11.6 Å². The predicted octanol–water partition coefficient (Wildman–Crippen LogP) is 2.70. The van der Waals surface area contributed by atoms with Crippen LogP contribution in [0, 0.1) is 0 Å². The molecule has 1 aliphatic heterocycles. The van der Waals surface area contributed by atoms with Gasteiger partial charge in [0.2, 0.25) is 5.95 Å². The summed E-state index contributed by atoms with van der Waals surface area (Å²) in [6.45, 7) is 6.46. The lowest BCUT2D eigenvalue weighted by molar-refractivity contribution is 0.153. The third-order valence-electron chi connectivity index (χ3n) is 4.95. The van der Waals surface area contributed by atoms with E-state index in [-0.39, 0.29) is 17.8 Å². The van der Waals surface area contributed by atoms with Crippen molar-refractivity contribution in [3.8, 4) is 11.8 Å². The second kappa shape index (κ2) is 8.02. The Balaban J connectivity index is 1.65. The Kier molecular flexibility index (Phi) is 5.29. The zero-order chi connectivity index (χ0) is 19.5. The molecule has 8 heteroatoms. The molecule has 148 valence electrons. The molecule has 1 atom stereocenters. The fourth-order valence-corrected chi connectivity index (χ4v) is 3.35. The smallest absolute Gasteiger partial charge is 0.322 e. The Bertz CT molecular complexity index is 949. The van der Waals surface area contributed by atoms with Gasteiger partial charge in [0.25, 0.3) is 0 Å². The topological polar surface area (TPSA) is 96.6 Å². The van der Waals surface area contributed by atoms with E-state index in [0.717, 1.165) is 42.7 Å². The number of anilines is 1. The minimum atomic E-state index is 0.0626. The number of aromatic hydroxyl groups is 1. The first-order chi connectivity index (χ1) is 13.6. The van der Waals surface area contributed by atoms with E-state index in [2.05, 4.69) is 39.5 Å². The molecule has 0 bridgehead atoms. The predicted molar refractivity (Wildman–Crippen MR) is 107 cm³/mol. The van der Waals surface area contributed by atoms with Crippen LogP contribution in [0.5, 0.6) is 11.8 Å². The van der Waals surface area contributed by atoms with Gasteiger partial charge in [-0.2, -0.15) is 19.6 Å². The van der Waals surface area contributed by atoms with Crippen molar-refractivity contribution in [2.75, 3.05) is 18.4 Å². The summed E-state index contributed by atoms with van der Waals surface area (Å²) in [6, 6.07) is 7.58. The summed E-state index contributed by atoms with van der Waals surface area (Å²) in [4.78, 5) is 9.19. The maximum atomic E-state index is 10.0. The van der Waals surface area contributed by atoms with Gasteiger partial charge in [0, 0.05) is 24.2 Å². The first-order valence-electron chi connectivity index (χ1n) is 9.75. The van der Waals surface area contributed by atoms with Crippen LogP contribution < -0.4 is 15.4 Å². The number of ether oxygens (including phenoxy) is 1. The number of para-hydroxylation sites is 1. The summed E-state index contributed by atoms with van der Waals surface area (Å²) < 4.78 is 7.76. The number of hydrogen-bond acceptors (Lipinski definition) is 7. The lowest BCUT2D eigenvalue weighted by atomic mass is 10.1. The normalized spacial score (nSPS) is 17.2. The molecule has 3 aromatic rings. The third kappa shape index (κ3) is 3.87. The molecule has 1 saturated heterocycles. The Morgan fingerprint density at radius 2 is 2.18 bits per heavy atom. The van der Waals surface area contributed by atoms with E-state index in [1.807, 2.05) is 18.3 Å². The number of rotatable bonds is 6. The van der Waals surface area contributed by atoms with Crippen molar-refractivity contribution in [1.29, 1.82) is 0 Å². The van der Waals surface area contributed by atoms with E-state index in [0.29, 0.717) is 18.5 Å². The minimum absolute atomic E-state index is 0.0626. The minimum Gasteiger partial charge on any atom is -0.508 e. The van der Waals surface area contributed by atoms with Gasteiger partial charge in [-0.1, -0.05) is 32.0 Å². The molecular formula is C20H26N6O2.